The second-order valence-electron chi connectivity index (χ2n) is 7.24. The zero-order valence-corrected chi connectivity index (χ0v) is 17.7. The maximum absolute atomic E-state index is 12.9. The van der Waals surface area contributed by atoms with Crippen molar-refractivity contribution in [2.45, 2.75) is 52.6 Å². The first kappa shape index (κ1) is 22.5. The largest absolute Gasteiger partial charge is 0.494 e. The molecule has 0 aliphatic carbocycles. The smallest absolute Gasteiger partial charge is 0.242 e. The van der Waals surface area contributed by atoms with Gasteiger partial charge in [-0.3, -0.25) is 9.59 Å². The highest BCUT2D eigenvalue weighted by Crippen LogP contribution is 2.14. The van der Waals surface area contributed by atoms with Gasteiger partial charge in [-0.2, -0.15) is 0 Å². The van der Waals surface area contributed by atoms with E-state index in [-0.39, 0.29) is 11.8 Å². The molecule has 0 saturated carbocycles. The Morgan fingerprint density at radius 2 is 1.76 bits per heavy atom. The van der Waals surface area contributed by atoms with E-state index in [9.17, 15) is 9.59 Å². The van der Waals surface area contributed by atoms with Gasteiger partial charge in [-0.25, -0.2) is 0 Å². The summed E-state index contributed by atoms with van der Waals surface area (Å²) >= 11 is 0. The number of carbonyl (C=O) groups excluding carboxylic acids is 2. The maximum atomic E-state index is 12.9. The van der Waals surface area contributed by atoms with Crippen molar-refractivity contribution in [3.63, 3.8) is 0 Å². The monoisotopic (exact) mass is 396 g/mol. The van der Waals surface area contributed by atoms with Crippen LogP contribution in [0.2, 0.25) is 0 Å². The summed E-state index contributed by atoms with van der Waals surface area (Å²) in [5.41, 5.74) is 2.19. The van der Waals surface area contributed by atoms with Gasteiger partial charge in [0.1, 0.15) is 11.8 Å². The van der Waals surface area contributed by atoms with Gasteiger partial charge in [-0.1, -0.05) is 55.0 Å². The van der Waals surface area contributed by atoms with E-state index in [2.05, 4.69) is 5.32 Å². The molecule has 156 valence electrons. The molecule has 0 unspecified atom stereocenters. The number of ether oxygens (including phenoxy) is 1. The van der Waals surface area contributed by atoms with Crippen molar-refractivity contribution in [2.24, 2.45) is 0 Å². The van der Waals surface area contributed by atoms with Gasteiger partial charge in [0, 0.05) is 19.5 Å². The number of amides is 2. The fraction of sp³-hybridized carbons (Fsp3) is 0.417. The Labute approximate surface area is 174 Å². The minimum Gasteiger partial charge on any atom is -0.494 e. The van der Waals surface area contributed by atoms with Crippen molar-refractivity contribution in [3.05, 3.63) is 65.7 Å². The van der Waals surface area contributed by atoms with E-state index in [1.54, 1.807) is 11.8 Å². The lowest BCUT2D eigenvalue weighted by Gasteiger charge is -2.29. The average molecular weight is 397 g/mol. The summed E-state index contributed by atoms with van der Waals surface area (Å²) in [7, 11) is 0. The fourth-order valence-corrected chi connectivity index (χ4v) is 2.95. The Hall–Kier alpha value is -2.82. The molecule has 0 radical (unpaired) electrons. The first-order valence-corrected chi connectivity index (χ1v) is 10.3. The molecular formula is C24H32N2O3. The van der Waals surface area contributed by atoms with Crippen LogP contribution >= 0.6 is 0 Å². The van der Waals surface area contributed by atoms with Gasteiger partial charge in [-0.05, 0) is 44.4 Å². The number of benzene rings is 2. The zero-order chi connectivity index (χ0) is 21.1. The van der Waals surface area contributed by atoms with E-state index in [0.29, 0.717) is 32.5 Å². The average Bonchev–Trinajstić information content (AvgIpc) is 2.74. The molecule has 1 atom stereocenters. The summed E-state index contributed by atoms with van der Waals surface area (Å²) in [6.45, 7) is 7.31. The van der Waals surface area contributed by atoms with Crippen molar-refractivity contribution in [1.82, 2.24) is 10.2 Å². The lowest BCUT2D eigenvalue weighted by Crippen LogP contribution is -2.47. The van der Waals surface area contributed by atoms with Gasteiger partial charge in [0.2, 0.25) is 11.8 Å². The molecule has 0 aliphatic rings. The van der Waals surface area contributed by atoms with Crippen LogP contribution in [-0.4, -0.2) is 35.9 Å². The molecule has 0 aromatic heterocycles. The van der Waals surface area contributed by atoms with Crippen LogP contribution < -0.4 is 10.1 Å². The highest BCUT2D eigenvalue weighted by molar-refractivity contribution is 5.87. The van der Waals surface area contributed by atoms with E-state index in [1.165, 1.54) is 5.56 Å². The molecule has 0 aliphatic heterocycles. The molecule has 0 saturated heterocycles. The Kier molecular flexibility index (Phi) is 9.22. The topological polar surface area (TPSA) is 58.6 Å². The molecule has 0 heterocycles. The van der Waals surface area contributed by atoms with E-state index in [1.807, 2.05) is 68.4 Å². The van der Waals surface area contributed by atoms with Gasteiger partial charge in [-0.15, -0.1) is 0 Å². The number of nitrogens with zero attached hydrogens (tertiary/aromatic N) is 1. The summed E-state index contributed by atoms with van der Waals surface area (Å²) < 4.78 is 5.72. The summed E-state index contributed by atoms with van der Waals surface area (Å²) in [6.07, 6.45) is 1.80. The van der Waals surface area contributed by atoms with E-state index < -0.39 is 6.04 Å². The van der Waals surface area contributed by atoms with Gasteiger partial charge < -0.3 is 15.0 Å². The normalized spacial score (nSPS) is 11.6. The number of aryl methyl sites for hydroxylation is 1. The number of carbonyl (C=O) groups is 2. The lowest BCUT2D eigenvalue weighted by atomic mass is 10.1. The van der Waals surface area contributed by atoms with Gasteiger partial charge in [0.15, 0.2) is 0 Å². The van der Waals surface area contributed by atoms with Crippen molar-refractivity contribution in [2.75, 3.05) is 13.2 Å². The summed E-state index contributed by atoms with van der Waals surface area (Å²) in [6, 6.07) is 17.1. The van der Waals surface area contributed by atoms with Crippen LogP contribution in [0.3, 0.4) is 0 Å². The van der Waals surface area contributed by atoms with Crippen LogP contribution in [0.4, 0.5) is 0 Å². The Balaban J connectivity index is 1.93. The van der Waals surface area contributed by atoms with E-state index in [4.69, 9.17) is 4.74 Å². The fourth-order valence-electron chi connectivity index (χ4n) is 2.95. The second-order valence-corrected chi connectivity index (χ2v) is 7.24. The lowest BCUT2D eigenvalue weighted by molar-refractivity contribution is -0.140. The van der Waals surface area contributed by atoms with Crippen LogP contribution in [0.25, 0.3) is 0 Å². The molecule has 5 nitrogen and oxygen atoms in total. The molecule has 0 bridgehead atoms. The van der Waals surface area contributed by atoms with Crippen molar-refractivity contribution in [1.29, 1.82) is 0 Å². The highest BCUT2D eigenvalue weighted by atomic mass is 16.5. The van der Waals surface area contributed by atoms with Crippen molar-refractivity contribution < 1.29 is 14.3 Å². The van der Waals surface area contributed by atoms with Gasteiger partial charge in [0.25, 0.3) is 0 Å². The number of rotatable bonds is 11. The quantitative estimate of drug-likeness (QED) is 0.582. The molecule has 0 spiro atoms. The van der Waals surface area contributed by atoms with Crippen LogP contribution in [0.15, 0.2) is 54.6 Å². The molecule has 29 heavy (non-hydrogen) atoms. The van der Waals surface area contributed by atoms with Crippen LogP contribution in [0.5, 0.6) is 5.75 Å². The maximum Gasteiger partial charge on any atom is 0.242 e. The molecule has 1 N–H and O–H groups in total. The number of nitrogens with one attached hydrogen (secondary N) is 1. The summed E-state index contributed by atoms with van der Waals surface area (Å²) in [5, 5.41) is 2.89. The highest BCUT2D eigenvalue weighted by Gasteiger charge is 2.25. The molecule has 0 fully saturated rings. The minimum atomic E-state index is -0.521. The van der Waals surface area contributed by atoms with E-state index in [0.717, 1.165) is 17.7 Å². The Morgan fingerprint density at radius 3 is 2.41 bits per heavy atom. The Morgan fingerprint density at radius 1 is 1.07 bits per heavy atom. The number of hydrogen-bond donors (Lipinski definition) is 1. The van der Waals surface area contributed by atoms with Gasteiger partial charge in [0.05, 0.1) is 6.61 Å². The summed E-state index contributed by atoms with van der Waals surface area (Å²) in [5.74, 6) is 0.643. The SMILES string of the molecule is CCCNC(=O)[C@H](C)N(Cc1ccccc1)C(=O)CCCOc1ccc(C)cc1. The summed E-state index contributed by atoms with van der Waals surface area (Å²) in [4.78, 5) is 27.0. The van der Waals surface area contributed by atoms with Crippen LogP contribution in [-0.2, 0) is 16.1 Å². The van der Waals surface area contributed by atoms with E-state index >= 15 is 0 Å². The third kappa shape index (κ3) is 7.60. The van der Waals surface area contributed by atoms with Crippen molar-refractivity contribution >= 4 is 11.8 Å². The molecule has 5 heteroatoms. The van der Waals surface area contributed by atoms with Gasteiger partial charge >= 0.3 is 0 Å². The molecular weight excluding hydrogens is 364 g/mol. The van der Waals surface area contributed by atoms with Crippen molar-refractivity contribution in [3.8, 4) is 5.75 Å². The zero-order valence-electron chi connectivity index (χ0n) is 17.7. The third-order valence-corrected chi connectivity index (χ3v) is 4.74. The van der Waals surface area contributed by atoms with Crippen LogP contribution in [0.1, 0.15) is 44.2 Å². The predicted molar refractivity (Wildman–Crippen MR) is 116 cm³/mol. The molecule has 2 aromatic rings. The predicted octanol–water partition coefficient (Wildman–Crippen LogP) is 4.10. The minimum absolute atomic E-state index is 0.0412. The Bertz CT molecular complexity index is 759. The standard InChI is InChI=1S/C24H32N2O3/c1-4-16-25-24(28)20(3)26(18-21-9-6-5-7-10-21)23(27)11-8-17-29-22-14-12-19(2)13-15-22/h5-7,9-10,12-15,20H,4,8,11,16-18H2,1-3H3,(H,25,28)/t20-/m0/s1. The first-order chi connectivity index (χ1) is 14.0. The first-order valence-electron chi connectivity index (χ1n) is 10.3. The molecule has 2 rings (SSSR count). The molecule has 2 amide bonds. The van der Waals surface area contributed by atoms with Crippen LogP contribution in [0, 0.1) is 6.92 Å². The number of hydrogen-bond acceptors (Lipinski definition) is 3. The second kappa shape index (κ2) is 11.9. The molecule has 2 aromatic carbocycles. The third-order valence-electron chi connectivity index (χ3n) is 4.74.